The fourth-order valence-electron chi connectivity index (χ4n) is 1.48. The average Bonchev–Trinajstić information content (AvgIpc) is 2.95. The second-order valence-electron chi connectivity index (χ2n) is 3.73. The van der Waals surface area contributed by atoms with Crippen molar-refractivity contribution in [2.75, 3.05) is 12.4 Å². The lowest BCUT2D eigenvalue weighted by Crippen LogP contribution is -2.21. The van der Waals surface area contributed by atoms with E-state index in [2.05, 4.69) is 31.7 Å². The second kappa shape index (κ2) is 5.54. The van der Waals surface area contributed by atoms with E-state index in [-0.39, 0.29) is 17.5 Å². The van der Waals surface area contributed by atoms with Crippen molar-refractivity contribution in [2.45, 2.75) is 0 Å². The van der Waals surface area contributed by atoms with Gasteiger partial charge in [-0.25, -0.2) is 0 Å². The first-order valence-electron chi connectivity index (χ1n) is 5.32. The Kier molecular flexibility index (Phi) is 4.01. The lowest BCUT2D eigenvalue weighted by Gasteiger charge is -2.02. The van der Waals surface area contributed by atoms with Gasteiger partial charge in [0.2, 0.25) is 0 Å². The molecule has 0 bridgehead atoms. The molecule has 0 aliphatic rings. The minimum atomic E-state index is -0.344. The number of hydrogen-bond acceptors (Lipinski definition) is 4. The molecule has 100 valence electrons. The van der Waals surface area contributed by atoms with Gasteiger partial charge in [-0.05, 0) is 22.0 Å². The van der Waals surface area contributed by atoms with Crippen LogP contribution in [-0.2, 0) is 7.05 Å². The van der Waals surface area contributed by atoms with E-state index in [1.807, 2.05) is 5.38 Å². The van der Waals surface area contributed by atoms with Crippen molar-refractivity contribution in [3.8, 4) is 0 Å². The number of carbonyl (C=O) groups is 2. The number of anilines is 1. The predicted octanol–water partition coefficient (Wildman–Crippen LogP) is 1.86. The number of aryl methyl sites for hydroxylation is 1. The largest absolute Gasteiger partial charge is 0.354 e. The molecule has 0 saturated heterocycles. The van der Waals surface area contributed by atoms with Crippen LogP contribution in [0.25, 0.3) is 0 Å². The van der Waals surface area contributed by atoms with Crippen LogP contribution in [0.2, 0.25) is 0 Å². The number of nitrogens with one attached hydrogen (secondary N) is 2. The molecular formula is C11H11BrN4O2S. The number of thiophene rings is 1. The van der Waals surface area contributed by atoms with E-state index >= 15 is 0 Å². The van der Waals surface area contributed by atoms with Crippen LogP contribution >= 0.6 is 27.3 Å². The Morgan fingerprint density at radius 2 is 2.16 bits per heavy atom. The SMILES string of the molecule is CNC(=O)c1nn(C)cc1NC(=O)c1cc(Br)cs1. The number of hydrogen-bond donors (Lipinski definition) is 2. The van der Waals surface area contributed by atoms with Gasteiger partial charge in [-0.3, -0.25) is 14.3 Å². The van der Waals surface area contributed by atoms with Crippen molar-refractivity contribution in [3.63, 3.8) is 0 Å². The zero-order valence-corrected chi connectivity index (χ0v) is 12.6. The first kappa shape index (κ1) is 13.8. The third-order valence-electron chi connectivity index (χ3n) is 2.31. The highest BCUT2D eigenvalue weighted by molar-refractivity contribution is 9.10. The molecule has 19 heavy (non-hydrogen) atoms. The molecule has 2 rings (SSSR count). The van der Waals surface area contributed by atoms with Crippen LogP contribution in [0.4, 0.5) is 5.69 Å². The van der Waals surface area contributed by atoms with Crippen molar-refractivity contribution >= 4 is 44.8 Å². The van der Waals surface area contributed by atoms with E-state index < -0.39 is 0 Å². The zero-order chi connectivity index (χ0) is 14.0. The molecule has 0 fully saturated rings. The molecule has 0 unspecified atom stereocenters. The summed E-state index contributed by atoms with van der Waals surface area (Å²) in [7, 11) is 3.20. The van der Waals surface area contributed by atoms with E-state index in [9.17, 15) is 9.59 Å². The van der Waals surface area contributed by atoms with Gasteiger partial charge in [0, 0.05) is 30.1 Å². The summed E-state index contributed by atoms with van der Waals surface area (Å²) in [6.07, 6.45) is 1.59. The highest BCUT2D eigenvalue weighted by atomic mass is 79.9. The van der Waals surface area contributed by atoms with E-state index in [0.29, 0.717) is 10.6 Å². The first-order chi connectivity index (χ1) is 9.01. The Labute approximate surface area is 121 Å². The van der Waals surface area contributed by atoms with Gasteiger partial charge < -0.3 is 10.6 Å². The van der Waals surface area contributed by atoms with Crippen LogP contribution < -0.4 is 10.6 Å². The molecule has 2 amide bonds. The van der Waals surface area contributed by atoms with Crippen LogP contribution in [0.15, 0.2) is 22.1 Å². The van der Waals surface area contributed by atoms with Crippen molar-refractivity contribution in [1.29, 1.82) is 0 Å². The number of nitrogens with zero attached hydrogens (tertiary/aromatic N) is 2. The summed E-state index contributed by atoms with van der Waals surface area (Å²) in [6, 6.07) is 1.72. The number of rotatable bonds is 3. The maximum absolute atomic E-state index is 12.0. The molecule has 2 aromatic rings. The van der Waals surface area contributed by atoms with Crippen LogP contribution in [0.3, 0.4) is 0 Å². The molecule has 0 aliphatic heterocycles. The lowest BCUT2D eigenvalue weighted by molar-refractivity contribution is 0.0958. The van der Waals surface area contributed by atoms with Gasteiger partial charge in [-0.1, -0.05) is 0 Å². The van der Waals surface area contributed by atoms with E-state index in [0.717, 1.165) is 4.47 Å². The Bertz CT molecular complexity index is 634. The van der Waals surface area contributed by atoms with Crippen LogP contribution in [0, 0.1) is 0 Å². The highest BCUT2D eigenvalue weighted by Gasteiger charge is 2.18. The molecule has 2 heterocycles. The monoisotopic (exact) mass is 342 g/mol. The smallest absolute Gasteiger partial charge is 0.273 e. The number of halogens is 1. The number of aromatic nitrogens is 2. The Hall–Kier alpha value is -1.67. The topological polar surface area (TPSA) is 76.0 Å². The van der Waals surface area contributed by atoms with Crippen molar-refractivity contribution in [1.82, 2.24) is 15.1 Å². The first-order valence-corrected chi connectivity index (χ1v) is 6.99. The minimum Gasteiger partial charge on any atom is -0.354 e. The lowest BCUT2D eigenvalue weighted by atomic mass is 10.3. The van der Waals surface area contributed by atoms with Gasteiger partial charge >= 0.3 is 0 Å². The second-order valence-corrected chi connectivity index (χ2v) is 5.55. The maximum Gasteiger partial charge on any atom is 0.273 e. The highest BCUT2D eigenvalue weighted by Crippen LogP contribution is 2.21. The Morgan fingerprint density at radius 3 is 2.74 bits per heavy atom. The molecule has 2 aromatic heterocycles. The summed E-state index contributed by atoms with van der Waals surface area (Å²) >= 11 is 4.61. The fourth-order valence-corrected chi connectivity index (χ4v) is 2.80. The molecule has 6 nitrogen and oxygen atoms in total. The molecule has 0 aromatic carbocycles. The third kappa shape index (κ3) is 3.02. The summed E-state index contributed by atoms with van der Waals surface area (Å²) in [6.45, 7) is 0. The summed E-state index contributed by atoms with van der Waals surface area (Å²) in [5.74, 6) is -0.614. The molecule has 2 N–H and O–H groups in total. The van der Waals surface area contributed by atoms with Crippen molar-refractivity contribution in [3.05, 3.63) is 32.7 Å². The van der Waals surface area contributed by atoms with E-state index in [4.69, 9.17) is 0 Å². The van der Waals surface area contributed by atoms with Gasteiger partial charge in [0.1, 0.15) is 0 Å². The van der Waals surface area contributed by atoms with Crippen LogP contribution in [0.1, 0.15) is 20.2 Å². The molecule has 0 atom stereocenters. The summed E-state index contributed by atoms with van der Waals surface area (Å²) in [5, 5.41) is 11.0. The third-order valence-corrected chi connectivity index (χ3v) is 4.00. The van der Waals surface area contributed by atoms with Crippen molar-refractivity contribution in [2.24, 2.45) is 7.05 Å². The Balaban J connectivity index is 2.24. The summed E-state index contributed by atoms with van der Waals surface area (Å²) in [5.41, 5.74) is 0.574. The van der Waals surface area contributed by atoms with Gasteiger partial charge in [0.15, 0.2) is 5.69 Å². The standard InChI is InChI=1S/C11H11BrN4O2S/c1-13-11(18)9-7(4-16(2)15-9)14-10(17)8-3-6(12)5-19-8/h3-5H,1-2H3,(H,13,18)(H,14,17). The normalized spacial score (nSPS) is 10.3. The van der Waals surface area contributed by atoms with E-state index in [1.165, 1.54) is 23.1 Å². The maximum atomic E-state index is 12.0. The fraction of sp³-hybridized carbons (Fsp3) is 0.182. The molecule has 8 heteroatoms. The van der Waals surface area contributed by atoms with Gasteiger partial charge in [-0.2, -0.15) is 5.10 Å². The zero-order valence-electron chi connectivity index (χ0n) is 10.2. The summed E-state index contributed by atoms with van der Waals surface area (Å²) in [4.78, 5) is 24.2. The number of carbonyl (C=O) groups excluding carboxylic acids is 2. The van der Waals surface area contributed by atoms with Gasteiger partial charge in [0.05, 0.1) is 10.6 Å². The average molecular weight is 343 g/mol. The molecule has 0 aliphatic carbocycles. The minimum absolute atomic E-state index is 0.189. The van der Waals surface area contributed by atoms with Crippen LogP contribution in [-0.4, -0.2) is 28.6 Å². The van der Waals surface area contributed by atoms with E-state index in [1.54, 1.807) is 19.3 Å². The molecule has 0 radical (unpaired) electrons. The van der Waals surface area contributed by atoms with Gasteiger partial charge in [-0.15, -0.1) is 11.3 Å². The predicted molar refractivity (Wildman–Crippen MR) is 76.6 cm³/mol. The van der Waals surface area contributed by atoms with Gasteiger partial charge in [0.25, 0.3) is 11.8 Å². The summed E-state index contributed by atoms with van der Waals surface area (Å²) < 4.78 is 2.32. The molecule has 0 saturated carbocycles. The van der Waals surface area contributed by atoms with Crippen LogP contribution in [0.5, 0.6) is 0 Å². The number of amides is 2. The molecular weight excluding hydrogens is 332 g/mol. The quantitative estimate of drug-likeness (QED) is 0.893. The van der Waals surface area contributed by atoms with Crippen molar-refractivity contribution < 1.29 is 9.59 Å². The Morgan fingerprint density at radius 1 is 1.42 bits per heavy atom. The molecule has 0 spiro atoms.